The van der Waals surface area contributed by atoms with Crippen molar-refractivity contribution in [3.05, 3.63) is 58.6 Å². The van der Waals surface area contributed by atoms with Crippen LogP contribution in [0.2, 0.25) is 0 Å². The van der Waals surface area contributed by atoms with Gasteiger partial charge in [0.2, 0.25) is 5.91 Å². The molecule has 148 valence electrons. The van der Waals surface area contributed by atoms with Crippen LogP contribution < -0.4 is 16.0 Å². The van der Waals surface area contributed by atoms with E-state index in [0.29, 0.717) is 16.8 Å². The Kier molecular flexibility index (Phi) is 5.17. The van der Waals surface area contributed by atoms with E-state index in [1.165, 1.54) is 10.6 Å². The van der Waals surface area contributed by atoms with Crippen LogP contribution in [-0.2, 0) is 17.5 Å². The van der Waals surface area contributed by atoms with Gasteiger partial charge in [0.05, 0.1) is 22.5 Å². The van der Waals surface area contributed by atoms with E-state index < -0.39 is 23.4 Å². The number of hydrogen-bond donors (Lipinski definition) is 1. The number of anilines is 2. The maximum Gasteiger partial charge on any atom is 0.419 e. The number of aryl methyl sites for hydroxylation is 1. The van der Waals surface area contributed by atoms with E-state index in [2.05, 4.69) is 5.32 Å². The van der Waals surface area contributed by atoms with Gasteiger partial charge in [0.15, 0.2) is 5.58 Å². The SMILES string of the molecule is CN(C)c1ccc(C(F)(F)F)cc1NC(=O)CCn1c(=O)oc2ccccc21. The molecule has 0 spiro atoms. The molecule has 3 rings (SSSR count). The van der Waals surface area contributed by atoms with Crippen molar-refractivity contribution in [2.24, 2.45) is 0 Å². The molecule has 0 fully saturated rings. The second-order valence-corrected chi connectivity index (χ2v) is 6.41. The Balaban J connectivity index is 1.79. The number of carbonyl (C=O) groups is 1. The fourth-order valence-corrected chi connectivity index (χ4v) is 2.85. The van der Waals surface area contributed by atoms with Gasteiger partial charge in [-0.25, -0.2) is 4.79 Å². The molecule has 1 N–H and O–H groups in total. The lowest BCUT2D eigenvalue weighted by atomic mass is 10.1. The summed E-state index contributed by atoms with van der Waals surface area (Å²) in [5.41, 5.74) is 0.584. The summed E-state index contributed by atoms with van der Waals surface area (Å²) in [6.45, 7) is 0.0396. The molecule has 1 aromatic heterocycles. The molecule has 2 aromatic carbocycles. The molecule has 6 nitrogen and oxygen atoms in total. The van der Waals surface area contributed by atoms with Crippen molar-refractivity contribution in [2.75, 3.05) is 24.3 Å². The molecule has 0 radical (unpaired) electrons. The fraction of sp³-hybridized carbons (Fsp3) is 0.263. The summed E-state index contributed by atoms with van der Waals surface area (Å²) in [5, 5.41) is 2.51. The summed E-state index contributed by atoms with van der Waals surface area (Å²) in [6, 6.07) is 9.94. The van der Waals surface area contributed by atoms with Crippen LogP contribution in [-0.4, -0.2) is 24.6 Å². The number of oxazole rings is 1. The molecule has 0 aliphatic carbocycles. The van der Waals surface area contributed by atoms with Crippen LogP contribution in [0.15, 0.2) is 51.7 Å². The van der Waals surface area contributed by atoms with Crippen molar-refractivity contribution in [1.29, 1.82) is 0 Å². The highest BCUT2D eigenvalue weighted by Gasteiger charge is 2.31. The van der Waals surface area contributed by atoms with E-state index in [1.807, 2.05) is 0 Å². The van der Waals surface area contributed by atoms with E-state index in [9.17, 15) is 22.8 Å². The zero-order valence-corrected chi connectivity index (χ0v) is 15.2. The number of para-hydroxylation sites is 2. The highest BCUT2D eigenvalue weighted by atomic mass is 19.4. The minimum absolute atomic E-state index is 0.0396. The molecule has 0 aliphatic rings. The maximum absolute atomic E-state index is 13.0. The molecule has 0 aliphatic heterocycles. The molecule has 3 aromatic rings. The zero-order valence-electron chi connectivity index (χ0n) is 15.2. The molecule has 0 bridgehead atoms. The number of aromatic nitrogens is 1. The molecule has 0 atom stereocenters. The minimum atomic E-state index is -4.52. The third kappa shape index (κ3) is 4.03. The Morgan fingerprint density at radius 3 is 2.57 bits per heavy atom. The molecule has 0 saturated heterocycles. The lowest BCUT2D eigenvalue weighted by molar-refractivity contribution is -0.137. The van der Waals surface area contributed by atoms with E-state index in [-0.39, 0.29) is 18.7 Å². The number of nitrogens with zero attached hydrogens (tertiary/aromatic N) is 2. The number of carbonyl (C=O) groups excluding carboxylic acids is 1. The van der Waals surface area contributed by atoms with Crippen LogP contribution in [0, 0.1) is 0 Å². The number of fused-ring (bicyclic) bond motifs is 1. The van der Waals surface area contributed by atoms with Gasteiger partial charge in [-0.1, -0.05) is 12.1 Å². The smallest absolute Gasteiger partial charge is 0.408 e. The normalized spacial score (nSPS) is 11.6. The average Bonchev–Trinajstić information content (AvgIpc) is 2.94. The summed E-state index contributed by atoms with van der Waals surface area (Å²) in [7, 11) is 3.32. The van der Waals surface area contributed by atoms with Crippen LogP contribution in [0.5, 0.6) is 0 Å². The zero-order chi connectivity index (χ0) is 20.5. The Labute approximate surface area is 158 Å². The molecule has 1 heterocycles. The van der Waals surface area contributed by atoms with Gasteiger partial charge in [0.25, 0.3) is 0 Å². The summed E-state index contributed by atoms with van der Waals surface area (Å²) < 4.78 is 45.4. The third-order valence-corrected chi connectivity index (χ3v) is 4.22. The number of nitrogens with one attached hydrogen (secondary N) is 1. The first kappa shape index (κ1) is 19.5. The number of halogens is 3. The number of amides is 1. The highest BCUT2D eigenvalue weighted by molar-refractivity contribution is 5.94. The topological polar surface area (TPSA) is 67.5 Å². The van der Waals surface area contributed by atoms with Crippen molar-refractivity contribution in [3.8, 4) is 0 Å². The molecule has 1 amide bonds. The average molecular weight is 393 g/mol. The molecule has 0 saturated carbocycles. The molecule has 28 heavy (non-hydrogen) atoms. The number of alkyl halides is 3. The van der Waals surface area contributed by atoms with Crippen molar-refractivity contribution >= 4 is 28.4 Å². The first-order chi connectivity index (χ1) is 13.2. The summed E-state index contributed by atoms with van der Waals surface area (Å²) in [5.74, 6) is -1.11. The first-order valence-electron chi connectivity index (χ1n) is 8.43. The third-order valence-electron chi connectivity index (χ3n) is 4.22. The van der Waals surface area contributed by atoms with Gasteiger partial charge in [-0.2, -0.15) is 13.2 Å². The van der Waals surface area contributed by atoms with Gasteiger partial charge in [0, 0.05) is 27.1 Å². The van der Waals surface area contributed by atoms with Crippen molar-refractivity contribution in [1.82, 2.24) is 4.57 Å². The van der Waals surface area contributed by atoms with E-state index in [4.69, 9.17) is 4.42 Å². The quantitative estimate of drug-likeness (QED) is 0.718. The largest absolute Gasteiger partial charge is 0.419 e. The van der Waals surface area contributed by atoms with Gasteiger partial charge >= 0.3 is 11.9 Å². The Bertz CT molecular complexity index is 1070. The summed E-state index contributed by atoms with van der Waals surface area (Å²) >= 11 is 0. The van der Waals surface area contributed by atoms with Crippen molar-refractivity contribution in [3.63, 3.8) is 0 Å². The minimum Gasteiger partial charge on any atom is -0.408 e. The van der Waals surface area contributed by atoms with Crippen LogP contribution >= 0.6 is 0 Å². The second-order valence-electron chi connectivity index (χ2n) is 6.41. The molecular weight excluding hydrogens is 375 g/mol. The van der Waals surface area contributed by atoms with Gasteiger partial charge in [-0.3, -0.25) is 9.36 Å². The standard InChI is InChI=1S/C19H18F3N3O3/c1-24(2)14-8-7-12(19(20,21)22)11-13(14)23-17(26)9-10-25-15-5-3-4-6-16(15)28-18(25)27/h3-8,11H,9-10H2,1-2H3,(H,23,26). The predicted octanol–water partition coefficient (Wildman–Crippen LogP) is 3.71. The van der Waals surface area contributed by atoms with Gasteiger partial charge in [-0.15, -0.1) is 0 Å². The van der Waals surface area contributed by atoms with E-state index in [0.717, 1.165) is 12.1 Å². The fourth-order valence-electron chi connectivity index (χ4n) is 2.85. The first-order valence-corrected chi connectivity index (χ1v) is 8.43. The van der Waals surface area contributed by atoms with Crippen LogP contribution in [0.3, 0.4) is 0 Å². The predicted molar refractivity (Wildman–Crippen MR) is 99.5 cm³/mol. The van der Waals surface area contributed by atoms with Crippen molar-refractivity contribution < 1.29 is 22.4 Å². The Morgan fingerprint density at radius 2 is 1.89 bits per heavy atom. The van der Waals surface area contributed by atoms with E-state index >= 15 is 0 Å². The van der Waals surface area contributed by atoms with E-state index in [1.54, 1.807) is 43.3 Å². The Morgan fingerprint density at radius 1 is 1.18 bits per heavy atom. The molecule has 9 heteroatoms. The summed E-state index contributed by atoms with van der Waals surface area (Å²) in [6.07, 6.45) is -4.63. The lowest BCUT2D eigenvalue weighted by Gasteiger charge is -2.19. The van der Waals surface area contributed by atoms with Gasteiger partial charge in [0.1, 0.15) is 0 Å². The summed E-state index contributed by atoms with van der Waals surface area (Å²) in [4.78, 5) is 25.9. The highest BCUT2D eigenvalue weighted by Crippen LogP contribution is 2.35. The van der Waals surface area contributed by atoms with Crippen LogP contribution in [0.4, 0.5) is 24.5 Å². The Hall–Kier alpha value is -3.23. The number of benzene rings is 2. The van der Waals surface area contributed by atoms with Gasteiger partial charge < -0.3 is 14.6 Å². The molecular formula is C19H18F3N3O3. The van der Waals surface area contributed by atoms with Crippen LogP contribution in [0.25, 0.3) is 11.1 Å². The van der Waals surface area contributed by atoms with Crippen LogP contribution in [0.1, 0.15) is 12.0 Å². The number of rotatable bonds is 5. The van der Waals surface area contributed by atoms with Gasteiger partial charge in [-0.05, 0) is 30.3 Å². The lowest BCUT2D eigenvalue weighted by Crippen LogP contribution is -2.21. The maximum atomic E-state index is 13.0. The number of hydrogen-bond acceptors (Lipinski definition) is 4. The molecule has 0 unspecified atom stereocenters. The second kappa shape index (κ2) is 7.41. The van der Waals surface area contributed by atoms with Crippen molar-refractivity contribution in [2.45, 2.75) is 19.1 Å². The monoisotopic (exact) mass is 393 g/mol.